The highest BCUT2D eigenvalue weighted by molar-refractivity contribution is 6.02. The third-order valence-corrected chi connectivity index (χ3v) is 3.95. The number of anilines is 1. The Labute approximate surface area is 165 Å². The summed E-state index contributed by atoms with van der Waals surface area (Å²) in [6.45, 7) is 2.44. The van der Waals surface area contributed by atoms with Gasteiger partial charge in [-0.3, -0.25) is 4.79 Å². The van der Waals surface area contributed by atoms with Crippen LogP contribution in [0.3, 0.4) is 0 Å². The molecule has 6 nitrogen and oxygen atoms in total. The van der Waals surface area contributed by atoms with Gasteiger partial charge in [-0.1, -0.05) is 19.4 Å². The largest absolute Gasteiger partial charge is 0.493 e. The summed E-state index contributed by atoms with van der Waals surface area (Å²) < 4.78 is 15.6. The van der Waals surface area contributed by atoms with E-state index in [4.69, 9.17) is 14.2 Å². The van der Waals surface area contributed by atoms with Crippen LogP contribution in [-0.4, -0.2) is 32.7 Å². The van der Waals surface area contributed by atoms with Gasteiger partial charge in [0.15, 0.2) is 11.5 Å². The predicted octanol–water partition coefficient (Wildman–Crippen LogP) is 4.31. The number of amides is 1. The summed E-state index contributed by atoms with van der Waals surface area (Å²) in [4.78, 5) is 24.0. The number of rotatable bonds is 9. The Bertz CT molecular complexity index is 827. The highest BCUT2D eigenvalue weighted by atomic mass is 16.5. The zero-order valence-electron chi connectivity index (χ0n) is 16.4. The molecule has 0 saturated heterocycles. The Morgan fingerprint density at radius 2 is 1.71 bits per heavy atom. The zero-order chi connectivity index (χ0) is 20.4. The molecule has 0 spiro atoms. The van der Waals surface area contributed by atoms with E-state index < -0.39 is 0 Å². The van der Waals surface area contributed by atoms with Crippen molar-refractivity contribution in [2.24, 2.45) is 0 Å². The quantitative estimate of drug-likeness (QED) is 0.397. The average Bonchev–Trinajstić information content (AvgIpc) is 2.72. The molecule has 2 aromatic carbocycles. The molecule has 0 aliphatic carbocycles. The van der Waals surface area contributed by atoms with Crippen molar-refractivity contribution >= 4 is 23.6 Å². The van der Waals surface area contributed by atoms with Crippen molar-refractivity contribution in [2.75, 3.05) is 26.1 Å². The van der Waals surface area contributed by atoms with Gasteiger partial charge in [-0.15, -0.1) is 0 Å². The van der Waals surface area contributed by atoms with Crippen LogP contribution in [-0.2, 0) is 9.53 Å². The van der Waals surface area contributed by atoms with Gasteiger partial charge in [0.2, 0.25) is 5.91 Å². The maximum absolute atomic E-state index is 12.1. The second kappa shape index (κ2) is 10.8. The molecule has 0 fully saturated rings. The SMILES string of the molecule is CCCCOC(=O)c1ccc(NC(=O)C=Cc2ccc(OC)c(OC)c2)cc1. The van der Waals surface area contributed by atoms with E-state index in [0.29, 0.717) is 29.4 Å². The van der Waals surface area contributed by atoms with Crippen molar-refractivity contribution in [3.63, 3.8) is 0 Å². The van der Waals surface area contributed by atoms with Gasteiger partial charge < -0.3 is 19.5 Å². The van der Waals surface area contributed by atoms with Gasteiger partial charge in [-0.05, 0) is 54.5 Å². The molecule has 0 saturated carbocycles. The van der Waals surface area contributed by atoms with E-state index >= 15 is 0 Å². The van der Waals surface area contributed by atoms with Crippen LogP contribution in [0.4, 0.5) is 5.69 Å². The summed E-state index contributed by atoms with van der Waals surface area (Å²) in [7, 11) is 3.12. The molecule has 0 heterocycles. The minimum Gasteiger partial charge on any atom is -0.493 e. The smallest absolute Gasteiger partial charge is 0.338 e. The molecule has 0 radical (unpaired) electrons. The molecule has 0 bridgehead atoms. The molecule has 1 amide bonds. The standard InChI is InChI=1S/C22H25NO5/c1-4-5-14-28-22(25)17-8-10-18(11-9-17)23-21(24)13-7-16-6-12-19(26-2)20(15-16)27-3/h6-13,15H,4-5,14H2,1-3H3,(H,23,24). The first-order chi connectivity index (χ1) is 13.6. The Morgan fingerprint density at radius 1 is 1.00 bits per heavy atom. The van der Waals surface area contributed by atoms with Crippen LogP contribution in [0.25, 0.3) is 6.08 Å². The van der Waals surface area contributed by atoms with Crippen molar-refractivity contribution in [1.29, 1.82) is 0 Å². The first-order valence-electron chi connectivity index (χ1n) is 9.05. The number of hydrogen-bond donors (Lipinski definition) is 1. The second-order valence-electron chi connectivity index (χ2n) is 6.00. The monoisotopic (exact) mass is 383 g/mol. The predicted molar refractivity (Wildman–Crippen MR) is 109 cm³/mol. The van der Waals surface area contributed by atoms with Crippen molar-refractivity contribution in [2.45, 2.75) is 19.8 Å². The number of unbranched alkanes of at least 4 members (excludes halogenated alkanes) is 1. The van der Waals surface area contributed by atoms with Crippen molar-refractivity contribution < 1.29 is 23.8 Å². The molecule has 6 heteroatoms. The number of esters is 1. The third-order valence-electron chi connectivity index (χ3n) is 3.95. The van der Waals surface area contributed by atoms with Gasteiger partial charge >= 0.3 is 5.97 Å². The van der Waals surface area contributed by atoms with Gasteiger partial charge in [-0.2, -0.15) is 0 Å². The van der Waals surface area contributed by atoms with Crippen LogP contribution in [0.1, 0.15) is 35.7 Å². The normalized spacial score (nSPS) is 10.5. The number of ether oxygens (including phenoxy) is 3. The molecular weight excluding hydrogens is 358 g/mol. The van der Waals surface area contributed by atoms with E-state index in [1.54, 1.807) is 56.7 Å². The van der Waals surface area contributed by atoms with Gasteiger partial charge in [0, 0.05) is 11.8 Å². The fourth-order valence-corrected chi connectivity index (χ4v) is 2.39. The molecule has 0 aliphatic heterocycles. The fourth-order valence-electron chi connectivity index (χ4n) is 2.39. The maximum Gasteiger partial charge on any atom is 0.338 e. The average molecular weight is 383 g/mol. The highest BCUT2D eigenvalue weighted by Gasteiger charge is 2.07. The third kappa shape index (κ3) is 6.16. The van der Waals surface area contributed by atoms with Crippen molar-refractivity contribution in [3.05, 3.63) is 59.7 Å². The van der Waals surface area contributed by atoms with E-state index in [1.807, 2.05) is 13.0 Å². The second-order valence-corrected chi connectivity index (χ2v) is 6.00. The minimum atomic E-state index is -0.361. The molecule has 2 aromatic rings. The number of nitrogens with one attached hydrogen (secondary N) is 1. The minimum absolute atomic E-state index is 0.284. The van der Waals surface area contributed by atoms with Gasteiger partial charge in [0.05, 0.1) is 26.4 Å². The molecule has 1 N–H and O–H groups in total. The lowest BCUT2D eigenvalue weighted by atomic mass is 10.2. The molecule has 2 rings (SSSR count). The lowest BCUT2D eigenvalue weighted by Crippen LogP contribution is -2.09. The summed E-state index contributed by atoms with van der Waals surface area (Å²) in [6.07, 6.45) is 4.91. The number of benzene rings is 2. The maximum atomic E-state index is 12.1. The number of carbonyl (C=O) groups is 2. The Kier molecular flexibility index (Phi) is 8.09. The van der Waals surface area contributed by atoms with Gasteiger partial charge in [0.25, 0.3) is 0 Å². The van der Waals surface area contributed by atoms with Crippen LogP contribution in [0.5, 0.6) is 11.5 Å². The molecule has 0 aliphatic rings. The summed E-state index contributed by atoms with van der Waals surface area (Å²) in [5, 5.41) is 2.75. The summed E-state index contributed by atoms with van der Waals surface area (Å²) in [5.41, 5.74) is 1.85. The van der Waals surface area contributed by atoms with Crippen LogP contribution in [0.15, 0.2) is 48.5 Å². The molecule has 0 aromatic heterocycles. The Morgan fingerprint density at radius 3 is 2.36 bits per heavy atom. The van der Waals surface area contributed by atoms with Crippen LogP contribution in [0, 0.1) is 0 Å². The Hall–Kier alpha value is -3.28. The zero-order valence-corrected chi connectivity index (χ0v) is 16.4. The molecule has 0 unspecified atom stereocenters. The first-order valence-corrected chi connectivity index (χ1v) is 9.05. The Balaban J connectivity index is 1.94. The number of carbonyl (C=O) groups excluding carboxylic acids is 2. The van der Waals surface area contributed by atoms with Crippen LogP contribution >= 0.6 is 0 Å². The van der Waals surface area contributed by atoms with E-state index in [9.17, 15) is 9.59 Å². The number of hydrogen-bond acceptors (Lipinski definition) is 5. The fraction of sp³-hybridized carbons (Fsp3) is 0.273. The van der Waals surface area contributed by atoms with Crippen molar-refractivity contribution in [3.8, 4) is 11.5 Å². The van der Waals surface area contributed by atoms with Crippen molar-refractivity contribution in [1.82, 2.24) is 0 Å². The van der Waals surface area contributed by atoms with Gasteiger partial charge in [0.1, 0.15) is 0 Å². The highest BCUT2D eigenvalue weighted by Crippen LogP contribution is 2.27. The lowest BCUT2D eigenvalue weighted by molar-refractivity contribution is -0.111. The first kappa shape index (κ1) is 21.0. The van der Waals surface area contributed by atoms with E-state index in [-0.39, 0.29) is 11.9 Å². The molecule has 0 atom stereocenters. The molecule has 28 heavy (non-hydrogen) atoms. The lowest BCUT2D eigenvalue weighted by Gasteiger charge is -2.07. The van der Waals surface area contributed by atoms with E-state index in [2.05, 4.69) is 5.32 Å². The van der Waals surface area contributed by atoms with E-state index in [0.717, 1.165) is 18.4 Å². The summed E-state index contributed by atoms with van der Waals surface area (Å²) in [5.74, 6) is 0.566. The topological polar surface area (TPSA) is 73.9 Å². The summed E-state index contributed by atoms with van der Waals surface area (Å²) >= 11 is 0. The number of methoxy groups -OCH3 is 2. The van der Waals surface area contributed by atoms with E-state index in [1.165, 1.54) is 6.08 Å². The van der Waals surface area contributed by atoms with Crippen LogP contribution in [0.2, 0.25) is 0 Å². The summed E-state index contributed by atoms with van der Waals surface area (Å²) in [6, 6.07) is 12.0. The van der Waals surface area contributed by atoms with Gasteiger partial charge in [-0.25, -0.2) is 4.79 Å². The molecular formula is C22H25NO5. The molecule has 148 valence electrons. The van der Waals surface area contributed by atoms with Crippen LogP contribution < -0.4 is 14.8 Å².